The number of ether oxygens (including phenoxy) is 1. The minimum atomic E-state index is -4.73. The third kappa shape index (κ3) is 5.30. The topological polar surface area (TPSA) is 64.3 Å². The molecule has 1 N–H and O–H groups in total. The Balaban J connectivity index is 1.62. The van der Waals surface area contributed by atoms with E-state index in [9.17, 15) is 18.0 Å². The van der Waals surface area contributed by atoms with Crippen molar-refractivity contribution >= 4 is 5.97 Å². The van der Waals surface area contributed by atoms with Crippen molar-refractivity contribution in [3.05, 3.63) is 77.1 Å². The number of carboxylic acid groups (broad SMARTS) is 1. The molecule has 1 aliphatic carbocycles. The Kier molecular flexibility index (Phi) is 6.21. The van der Waals surface area contributed by atoms with Crippen LogP contribution in [0.3, 0.4) is 0 Å². The fourth-order valence-electron chi connectivity index (χ4n) is 4.20. The first kappa shape index (κ1) is 21.9. The summed E-state index contributed by atoms with van der Waals surface area (Å²) in [5.74, 6) is -0.906. The molecule has 0 aliphatic heterocycles. The van der Waals surface area contributed by atoms with Gasteiger partial charge in [-0.2, -0.15) is 5.10 Å². The summed E-state index contributed by atoms with van der Waals surface area (Å²) in [6, 6.07) is 12.4. The average Bonchev–Trinajstić information content (AvgIpc) is 3.18. The largest absolute Gasteiger partial charge is 0.573 e. The van der Waals surface area contributed by atoms with Crippen LogP contribution in [0.4, 0.5) is 13.2 Å². The Bertz CT molecular complexity index is 1070. The van der Waals surface area contributed by atoms with E-state index in [-0.39, 0.29) is 11.3 Å². The van der Waals surface area contributed by atoms with Crippen LogP contribution in [0.1, 0.15) is 65.2 Å². The van der Waals surface area contributed by atoms with Crippen molar-refractivity contribution in [1.29, 1.82) is 0 Å². The van der Waals surface area contributed by atoms with Gasteiger partial charge in [0.15, 0.2) is 0 Å². The highest BCUT2D eigenvalue weighted by Gasteiger charge is 2.31. The van der Waals surface area contributed by atoms with Crippen LogP contribution in [0.25, 0.3) is 5.69 Å². The minimum Gasteiger partial charge on any atom is -0.478 e. The summed E-state index contributed by atoms with van der Waals surface area (Å²) in [5, 5.41) is 13.9. The second-order valence-electron chi connectivity index (χ2n) is 8.04. The van der Waals surface area contributed by atoms with Gasteiger partial charge in [0, 0.05) is 18.5 Å². The van der Waals surface area contributed by atoms with Crippen LogP contribution in [0.5, 0.6) is 5.75 Å². The highest BCUT2D eigenvalue weighted by Crippen LogP contribution is 2.35. The first-order valence-electron chi connectivity index (χ1n) is 10.6. The molecule has 0 saturated heterocycles. The first-order chi connectivity index (χ1) is 15.3. The molecule has 0 spiro atoms. The number of hydrogen-bond donors (Lipinski definition) is 1. The number of nitrogens with zero attached hydrogens (tertiary/aromatic N) is 2. The van der Waals surface area contributed by atoms with Crippen molar-refractivity contribution in [2.45, 2.75) is 50.8 Å². The van der Waals surface area contributed by atoms with E-state index in [2.05, 4.69) is 4.74 Å². The second kappa shape index (κ2) is 9.06. The van der Waals surface area contributed by atoms with E-state index in [0.29, 0.717) is 18.0 Å². The Morgan fingerprint density at radius 3 is 2.28 bits per heavy atom. The summed E-state index contributed by atoms with van der Waals surface area (Å²) in [6.07, 6.45) is 3.40. The van der Waals surface area contributed by atoms with E-state index >= 15 is 0 Å². The minimum absolute atomic E-state index is 0.234. The van der Waals surface area contributed by atoms with Gasteiger partial charge in [-0.25, -0.2) is 9.48 Å². The Morgan fingerprint density at radius 1 is 1.03 bits per heavy atom. The van der Waals surface area contributed by atoms with Crippen LogP contribution in [0, 0.1) is 0 Å². The molecule has 0 bridgehead atoms. The first-order valence-corrected chi connectivity index (χ1v) is 10.6. The number of benzene rings is 2. The van der Waals surface area contributed by atoms with E-state index in [1.54, 1.807) is 41.1 Å². The van der Waals surface area contributed by atoms with Crippen LogP contribution in [0.15, 0.2) is 54.7 Å². The van der Waals surface area contributed by atoms with Gasteiger partial charge >= 0.3 is 12.3 Å². The zero-order valence-corrected chi connectivity index (χ0v) is 17.3. The van der Waals surface area contributed by atoms with Crippen LogP contribution >= 0.6 is 0 Å². The molecule has 8 heteroatoms. The highest BCUT2D eigenvalue weighted by atomic mass is 19.4. The predicted molar refractivity (Wildman–Crippen MR) is 112 cm³/mol. The maximum atomic E-state index is 12.4. The van der Waals surface area contributed by atoms with Crippen molar-refractivity contribution in [2.75, 3.05) is 0 Å². The molecule has 168 valence electrons. The van der Waals surface area contributed by atoms with Gasteiger partial charge < -0.3 is 9.84 Å². The lowest BCUT2D eigenvalue weighted by Gasteiger charge is -2.21. The molecule has 2 aromatic carbocycles. The number of carbonyl (C=O) groups is 1. The standard InChI is InChI=1S/C24H23F3N2O3/c25-24(26,27)32-21-12-10-20(11-13-21)29-15-19(22(28-29)17-4-2-1-3-5-17)14-16-6-8-18(9-7-16)23(30)31/h6-13,15,17H,1-5,14H2,(H,30,31). The molecule has 0 amide bonds. The highest BCUT2D eigenvalue weighted by molar-refractivity contribution is 5.87. The van der Waals surface area contributed by atoms with E-state index < -0.39 is 12.3 Å². The van der Waals surface area contributed by atoms with Crippen LogP contribution in [-0.4, -0.2) is 27.2 Å². The van der Waals surface area contributed by atoms with Crippen molar-refractivity contribution in [1.82, 2.24) is 9.78 Å². The molecule has 4 rings (SSSR count). The number of aromatic nitrogens is 2. The van der Waals surface area contributed by atoms with Gasteiger partial charge in [0.25, 0.3) is 0 Å². The summed E-state index contributed by atoms with van der Waals surface area (Å²) >= 11 is 0. The van der Waals surface area contributed by atoms with Crippen molar-refractivity contribution in [2.24, 2.45) is 0 Å². The van der Waals surface area contributed by atoms with Gasteiger partial charge in [-0.3, -0.25) is 0 Å². The van der Waals surface area contributed by atoms with Crippen LogP contribution in [-0.2, 0) is 6.42 Å². The van der Waals surface area contributed by atoms with Gasteiger partial charge in [-0.05, 0) is 60.4 Å². The molecule has 32 heavy (non-hydrogen) atoms. The predicted octanol–water partition coefficient (Wildman–Crippen LogP) is 6.11. The van der Waals surface area contributed by atoms with Gasteiger partial charge in [-0.15, -0.1) is 13.2 Å². The zero-order valence-electron chi connectivity index (χ0n) is 17.3. The summed E-state index contributed by atoms with van der Waals surface area (Å²) in [4.78, 5) is 11.1. The summed E-state index contributed by atoms with van der Waals surface area (Å²) in [6.45, 7) is 0. The van der Waals surface area contributed by atoms with Crippen molar-refractivity contribution in [3.63, 3.8) is 0 Å². The van der Waals surface area contributed by atoms with Crippen molar-refractivity contribution in [3.8, 4) is 11.4 Å². The number of halogens is 3. The summed E-state index contributed by atoms with van der Waals surface area (Å²) in [5.41, 5.74) is 3.89. The lowest BCUT2D eigenvalue weighted by molar-refractivity contribution is -0.274. The van der Waals surface area contributed by atoms with E-state index in [0.717, 1.165) is 42.5 Å². The molecule has 0 atom stereocenters. The maximum absolute atomic E-state index is 12.4. The SMILES string of the molecule is O=C(O)c1ccc(Cc2cn(-c3ccc(OC(F)(F)F)cc3)nc2C2CCCCC2)cc1. The van der Waals surface area contributed by atoms with Crippen LogP contribution < -0.4 is 4.74 Å². The number of aromatic carboxylic acids is 1. The molecule has 0 radical (unpaired) electrons. The molecule has 1 aliphatic rings. The molecular weight excluding hydrogens is 421 g/mol. The number of alkyl halides is 3. The molecular formula is C24H23F3N2O3. The third-order valence-electron chi connectivity index (χ3n) is 5.74. The monoisotopic (exact) mass is 444 g/mol. The van der Waals surface area contributed by atoms with E-state index in [1.807, 2.05) is 6.20 Å². The Morgan fingerprint density at radius 2 is 1.69 bits per heavy atom. The lowest BCUT2D eigenvalue weighted by Crippen LogP contribution is -2.17. The van der Waals surface area contributed by atoms with Crippen molar-refractivity contribution < 1.29 is 27.8 Å². The van der Waals surface area contributed by atoms with E-state index in [1.165, 1.54) is 18.6 Å². The molecule has 1 aromatic heterocycles. The van der Waals surface area contributed by atoms with Gasteiger partial charge in [0.1, 0.15) is 5.75 Å². The Labute approximate surface area is 183 Å². The molecule has 3 aromatic rings. The maximum Gasteiger partial charge on any atom is 0.573 e. The van der Waals surface area contributed by atoms with Crippen LogP contribution in [0.2, 0.25) is 0 Å². The summed E-state index contributed by atoms with van der Waals surface area (Å²) in [7, 11) is 0. The molecule has 1 heterocycles. The molecule has 0 unspecified atom stereocenters. The molecule has 1 fully saturated rings. The number of carboxylic acids is 1. The normalized spacial score (nSPS) is 15.0. The Hall–Kier alpha value is -3.29. The summed E-state index contributed by atoms with van der Waals surface area (Å²) < 4.78 is 42.9. The molecule has 5 nitrogen and oxygen atoms in total. The van der Waals surface area contributed by atoms with E-state index in [4.69, 9.17) is 10.2 Å². The smallest absolute Gasteiger partial charge is 0.478 e. The molecule has 1 saturated carbocycles. The average molecular weight is 444 g/mol. The fraction of sp³-hybridized carbons (Fsp3) is 0.333. The zero-order chi connectivity index (χ0) is 22.7. The van der Waals surface area contributed by atoms with Gasteiger partial charge in [0.05, 0.1) is 16.9 Å². The fourth-order valence-corrected chi connectivity index (χ4v) is 4.20. The number of hydrogen-bond acceptors (Lipinski definition) is 3. The quantitative estimate of drug-likeness (QED) is 0.498. The second-order valence-corrected chi connectivity index (χ2v) is 8.04. The van der Waals surface area contributed by atoms with Gasteiger partial charge in [0.2, 0.25) is 0 Å². The lowest BCUT2D eigenvalue weighted by atomic mass is 9.85. The van der Waals surface area contributed by atoms with Gasteiger partial charge in [-0.1, -0.05) is 31.4 Å². The third-order valence-corrected chi connectivity index (χ3v) is 5.74. The number of rotatable bonds is 6.